The fraction of sp³-hybridized carbons (Fsp3) is 0.0521. The molecule has 10 heteroatoms. The smallest absolute Gasteiger partial charge is 0.182 e. The Kier molecular flexibility index (Phi) is 17.7. The van der Waals surface area contributed by atoms with Gasteiger partial charge >= 0.3 is 0 Å². The van der Waals surface area contributed by atoms with Crippen LogP contribution in [0.4, 0.5) is 0 Å². The number of para-hydroxylation sites is 7. The summed E-state index contributed by atoms with van der Waals surface area (Å²) in [5.74, 6) is 0. The number of rotatable bonds is 6. The molecule has 0 N–H and O–H groups in total. The third-order valence-corrected chi connectivity index (χ3v) is 25.4. The number of hydrogen-bond acceptors (Lipinski definition) is 5. The van der Waals surface area contributed by atoms with E-state index in [0.717, 1.165) is 56.7 Å². The third kappa shape index (κ3) is 11.7. The Morgan fingerprint density at radius 1 is 0.274 bits per heavy atom. The van der Waals surface area contributed by atoms with Gasteiger partial charge in [0.15, 0.2) is 8.07 Å². The van der Waals surface area contributed by atoms with E-state index >= 15 is 0 Å². The van der Waals surface area contributed by atoms with Gasteiger partial charge in [0.2, 0.25) is 0 Å². The largest absolute Gasteiger partial charge is 0.294 e. The number of fused-ring (bicyclic) bond motifs is 15. The topological polar surface area (TPSA) is 84.2 Å². The van der Waals surface area contributed by atoms with Crippen molar-refractivity contribution in [2.45, 2.75) is 34.6 Å². The first-order valence-corrected chi connectivity index (χ1v) is 38.1. The van der Waals surface area contributed by atoms with E-state index in [1.54, 1.807) is 0 Å². The van der Waals surface area contributed by atoms with Crippen LogP contribution in [0.2, 0.25) is 0 Å². The van der Waals surface area contributed by atoms with Gasteiger partial charge in [-0.25, -0.2) is 19.9 Å². The predicted octanol–water partition coefficient (Wildman–Crippen LogP) is 20.7. The Balaban J connectivity index is 0.0000000979. The summed E-state index contributed by atoms with van der Waals surface area (Å²) in [7, 11) is -2.33. The van der Waals surface area contributed by atoms with Gasteiger partial charge in [-0.2, -0.15) is 0 Å². The van der Waals surface area contributed by atoms with E-state index in [4.69, 9.17) is 9.97 Å². The Morgan fingerprint density at radius 3 is 1.31 bits per heavy atom. The molecule has 0 fully saturated rings. The molecule has 9 nitrogen and oxygen atoms in total. The Morgan fingerprint density at radius 2 is 0.708 bits per heavy atom. The SMILES string of the molecule is Cc1ccc2c3ccccc3n(-c3ccccc3)c2n1.Cc1cccc2c1[Si](c1ccccc1)(c1ccccc1)c1cccnc1-2.Cc1cccc2c1c1cccnc1n2-c1ccccc1.Cc1ccnc2c1c1ccccc1n2-c1ccccc1.Cc1cnc2c(c1)c1ccccc1n2-c1ccccc1. The molecule has 1 aliphatic rings. The van der Waals surface area contributed by atoms with Crippen molar-refractivity contribution in [1.29, 1.82) is 0 Å². The van der Waals surface area contributed by atoms with Gasteiger partial charge < -0.3 is 0 Å². The van der Waals surface area contributed by atoms with Crippen molar-refractivity contribution in [1.82, 2.24) is 43.2 Å². The highest BCUT2D eigenvalue weighted by molar-refractivity contribution is 7.22. The van der Waals surface area contributed by atoms with E-state index in [2.05, 4.69) is 370 Å². The zero-order valence-corrected chi connectivity index (χ0v) is 60.7. The summed E-state index contributed by atoms with van der Waals surface area (Å²) in [5, 5.41) is 15.7. The van der Waals surface area contributed by atoms with Gasteiger partial charge in [-0.15, -0.1) is 0 Å². The van der Waals surface area contributed by atoms with Crippen LogP contribution < -0.4 is 20.7 Å². The molecule has 9 aromatic heterocycles. The van der Waals surface area contributed by atoms with E-state index in [0.29, 0.717) is 0 Å². The summed E-state index contributed by atoms with van der Waals surface area (Å²) in [6, 6.07) is 119. The number of aryl methyl sites for hydroxylation is 5. The molecule has 0 spiro atoms. The molecule has 0 radical (unpaired) electrons. The van der Waals surface area contributed by atoms with Crippen molar-refractivity contribution in [2.24, 2.45) is 0 Å². The van der Waals surface area contributed by atoms with Crippen molar-refractivity contribution < 1.29 is 0 Å². The highest BCUT2D eigenvalue weighted by Crippen LogP contribution is 2.37. The summed E-state index contributed by atoms with van der Waals surface area (Å²) in [4.78, 5) is 23.4. The predicted molar refractivity (Wildman–Crippen MR) is 445 cm³/mol. The lowest BCUT2D eigenvalue weighted by atomic mass is 10.1. The van der Waals surface area contributed by atoms with Crippen LogP contribution in [0.15, 0.2) is 365 Å². The number of benzene rings is 11. The van der Waals surface area contributed by atoms with Crippen molar-refractivity contribution in [3.8, 4) is 34.0 Å². The van der Waals surface area contributed by atoms with Gasteiger partial charge in [0.05, 0.1) is 27.8 Å². The van der Waals surface area contributed by atoms with E-state index in [1.807, 2.05) is 62.0 Å². The minimum absolute atomic E-state index is 1.02. The Hall–Kier alpha value is -13.4. The number of aromatic nitrogens is 9. The first-order valence-electron chi connectivity index (χ1n) is 36.1. The lowest BCUT2D eigenvalue weighted by Gasteiger charge is -2.32. The molecule has 10 heterocycles. The Labute approximate surface area is 617 Å². The monoisotopic (exact) mass is 1380 g/mol. The van der Waals surface area contributed by atoms with Crippen LogP contribution in [0, 0.1) is 34.6 Å². The quantitative estimate of drug-likeness (QED) is 0.155. The lowest BCUT2D eigenvalue weighted by molar-refractivity contribution is 1.11. The lowest BCUT2D eigenvalue weighted by Crippen LogP contribution is -2.73. The van der Waals surface area contributed by atoms with Crippen molar-refractivity contribution in [3.63, 3.8) is 0 Å². The highest BCUT2D eigenvalue weighted by atomic mass is 28.3. The molecule has 0 amide bonds. The second-order valence-corrected chi connectivity index (χ2v) is 30.7. The molecule has 0 atom stereocenters. The molecule has 0 unspecified atom stereocenters. The molecular weight excluding hydrogens is 1310 g/mol. The fourth-order valence-electron chi connectivity index (χ4n) is 15.9. The standard InChI is InChI=1S/C24H19NSi.4C18H14N2/c1-18-10-8-15-21-23-22(16-9-17-25-23)26(24(18)21,19-11-4-2-5-12-19)20-13-6-3-7-14-20;1-13-7-5-11-16-17(13)15-10-6-12-19-18(15)20(16)14-8-3-2-4-9-14;1-13-11-16-15-9-5-6-10-17(15)20(18(16)19-12-13)14-7-3-2-4-8-14;1-13-11-12-16-15-9-5-6-10-17(15)20(18(16)19-13)14-7-3-2-4-8-14;1-13-11-12-19-18-17(13)15-9-5-6-10-16(15)20(18)14-7-3-2-4-8-14/h2-17H,1H3;4*2-12H,1H3. The summed E-state index contributed by atoms with van der Waals surface area (Å²) in [6.07, 6.45) is 7.60. The number of pyridine rings is 5. The van der Waals surface area contributed by atoms with Gasteiger partial charge in [0, 0.05) is 102 Å². The summed E-state index contributed by atoms with van der Waals surface area (Å²) in [6.45, 7) is 10.7. The second kappa shape index (κ2) is 28.4. The molecule has 106 heavy (non-hydrogen) atoms. The number of hydrogen-bond donors (Lipinski definition) is 0. The molecule has 0 bridgehead atoms. The first-order chi connectivity index (χ1) is 52.2. The molecule has 0 saturated carbocycles. The molecule has 11 aromatic carbocycles. The van der Waals surface area contributed by atoms with Crippen LogP contribution >= 0.6 is 0 Å². The van der Waals surface area contributed by atoms with Crippen molar-refractivity contribution in [2.75, 3.05) is 0 Å². The van der Waals surface area contributed by atoms with Crippen LogP contribution in [0.5, 0.6) is 0 Å². The first kappa shape index (κ1) is 65.9. The molecule has 1 aliphatic heterocycles. The summed E-state index contributed by atoms with van der Waals surface area (Å²) < 4.78 is 8.93. The maximum Gasteiger partial charge on any atom is 0.182 e. The van der Waals surface area contributed by atoms with E-state index < -0.39 is 8.07 Å². The highest BCUT2D eigenvalue weighted by Gasteiger charge is 2.50. The molecule has 0 saturated heterocycles. The van der Waals surface area contributed by atoms with Gasteiger partial charge in [-0.05, 0) is 187 Å². The zero-order valence-electron chi connectivity index (χ0n) is 59.7. The third-order valence-electron chi connectivity index (χ3n) is 20.4. The summed E-state index contributed by atoms with van der Waals surface area (Å²) in [5.41, 5.74) is 22.1. The molecule has 20 aromatic rings. The second-order valence-electron chi connectivity index (χ2n) is 27.0. The Bertz CT molecular complexity index is 6310. The minimum atomic E-state index is -2.33. The van der Waals surface area contributed by atoms with Crippen LogP contribution in [0.25, 0.3) is 122 Å². The van der Waals surface area contributed by atoms with Crippen molar-refractivity contribution in [3.05, 3.63) is 392 Å². The van der Waals surface area contributed by atoms with Gasteiger partial charge in [0.1, 0.15) is 22.6 Å². The average molecular weight is 1380 g/mol. The van der Waals surface area contributed by atoms with E-state index in [1.165, 1.54) is 114 Å². The van der Waals surface area contributed by atoms with Crippen LogP contribution in [0.3, 0.4) is 0 Å². The minimum Gasteiger partial charge on any atom is -0.294 e. The number of nitrogens with zero attached hydrogens (tertiary/aromatic N) is 9. The van der Waals surface area contributed by atoms with E-state index in [-0.39, 0.29) is 0 Å². The van der Waals surface area contributed by atoms with Gasteiger partial charge in [-0.1, -0.05) is 230 Å². The molecular formula is C96H75N9Si. The fourth-order valence-corrected chi connectivity index (χ4v) is 21.3. The maximum atomic E-state index is 4.82. The van der Waals surface area contributed by atoms with E-state index in [9.17, 15) is 0 Å². The average Bonchev–Trinajstić information content (AvgIpc) is 1.50. The van der Waals surface area contributed by atoms with Crippen molar-refractivity contribution >= 4 is 117 Å². The van der Waals surface area contributed by atoms with Crippen LogP contribution in [0.1, 0.15) is 27.9 Å². The van der Waals surface area contributed by atoms with Crippen LogP contribution in [-0.4, -0.2) is 51.3 Å². The molecule has 0 aliphatic carbocycles. The van der Waals surface area contributed by atoms with Gasteiger partial charge in [-0.3, -0.25) is 23.3 Å². The summed E-state index contributed by atoms with van der Waals surface area (Å²) >= 11 is 0. The normalized spacial score (nSPS) is 11.9. The van der Waals surface area contributed by atoms with Crippen LogP contribution in [-0.2, 0) is 0 Å². The maximum absolute atomic E-state index is 4.82. The zero-order chi connectivity index (χ0) is 71.7. The molecule has 21 rings (SSSR count). The molecule has 508 valence electrons. The van der Waals surface area contributed by atoms with Gasteiger partial charge in [0.25, 0.3) is 0 Å².